The molecule has 11 heteroatoms. The van der Waals surface area contributed by atoms with E-state index in [0.717, 1.165) is 16.7 Å². The molecule has 0 unspecified atom stereocenters. The minimum absolute atomic E-state index is 0.168. The number of carbonyl (C=O) groups is 2. The van der Waals surface area contributed by atoms with Gasteiger partial charge in [-0.3, -0.25) is 14.5 Å². The molecule has 4 rings (SSSR count). The SMILES string of the molecule is COc1ccc(-c2nonc2NC(=O)CCCN2C(=O)/C(=C/c3ccc(Cl)cc3)SC2=S)c(C)c1. The molecule has 3 aromatic rings. The topological polar surface area (TPSA) is 97.6 Å². The normalized spacial score (nSPS) is 14.6. The van der Waals surface area contributed by atoms with E-state index in [4.69, 9.17) is 33.2 Å². The molecule has 2 amide bonds. The van der Waals surface area contributed by atoms with E-state index in [1.807, 2.05) is 31.2 Å². The third-order valence-electron chi connectivity index (χ3n) is 5.26. The lowest BCUT2D eigenvalue weighted by atomic mass is 10.1. The van der Waals surface area contributed by atoms with Crippen LogP contribution in [0.1, 0.15) is 24.0 Å². The molecular formula is C24H21ClN4O4S2. The fourth-order valence-electron chi connectivity index (χ4n) is 3.47. The Balaban J connectivity index is 1.33. The minimum Gasteiger partial charge on any atom is -0.497 e. The summed E-state index contributed by atoms with van der Waals surface area (Å²) in [6.07, 6.45) is 2.37. The van der Waals surface area contributed by atoms with E-state index in [1.54, 1.807) is 31.4 Å². The summed E-state index contributed by atoms with van der Waals surface area (Å²) < 4.78 is 10.6. The molecule has 1 aliphatic heterocycles. The number of methoxy groups -OCH3 is 1. The van der Waals surface area contributed by atoms with Crippen molar-refractivity contribution >= 4 is 63.6 Å². The average Bonchev–Trinajstić information content (AvgIpc) is 3.39. The summed E-state index contributed by atoms with van der Waals surface area (Å²) in [6, 6.07) is 12.7. The lowest BCUT2D eigenvalue weighted by Crippen LogP contribution is -2.29. The second-order valence-electron chi connectivity index (χ2n) is 7.68. The number of benzene rings is 2. The molecule has 8 nitrogen and oxygen atoms in total. The maximum Gasteiger partial charge on any atom is 0.266 e. The van der Waals surface area contributed by atoms with E-state index in [0.29, 0.717) is 38.7 Å². The predicted molar refractivity (Wildman–Crippen MR) is 140 cm³/mol. The Morgan fingerprint density at radius 2 is 2.03 bits per heavy atom. The highest BCUT2D eigenvalue weighted by molar-refractivity contribution is 8.26. The van der Waals surface area contributed by atoms with Crippen molar-refractivity contribution < 1.29 is 19.0 Å². The molecule has 1 N–H and O–H groups in total. The molecule has 0 spiro atoms. The van der Waals surface area contributed by atoms with Crippen LogP contribution in [0.4, 0.5) is 5.82 Å². The molecule has 0 radical (unpaired) electrons. The van der Waals surface area contributed by atoms with Gasteiger partial charge in [0.15, 0.2) is 5.69 Å². The van der Waals surface area contributed by atoms with Gasteiger partial charge >= 0.3 is 0 Å². The average molecular weight is 529 g/mol. The summed E-state index contributed by atoms with van der Waals surface area (Å²) in [5, 5.41) is 11.1. The number of anilines is 1. The fourth-order valence-corrected chi connectivity index (χ4v) is 4.91. The van der Waals surface area contributed by atoms with Crippen LogP contribution in [-0.2, 0) is 9.59 Å². The maximum atomic E-state index is 12.8. The predicted octanol–water partition coefficient (Wildman–Crippen LogP) is 5.33. The molecule has 180 valence electrons. The first-order chi connectivity index (χ1) is 16.9. The number of ether oxygens (including phenoxy) is 1. The Morgan fingerprint density at radius 3 is 2.74 bits per heavy atom. The number of nitrogens with one attached hydrogen (secondary N) is 1. The zero-order chi connectivity index (χ0) is 24.9. The number of thiocarbonyl (C=S) groups is 1. The number of amides is 2. The Morgan fingerprint density at radius 1 is 1.26 bits per heavy atom. The Labute approximate surface area is 216 Å². The molecular weight excluding hydrogens is 508 g/mol. The lowest BCUT2D eigenvalue weighted by molar-refractivity contribution is -0.122. The van der Waals surface area contributed by atoms with Crippen molar-refractivity contribution in [1.29, 1.82) is 0 Å². The van der Waals surface area contributed by atoms with E-state index in [2.05, 4.69) is 15.6 Å². The van der Waals surface area contributed by atoms with Crippen molar-refractivity contribution in [2.45, 2.75) is 19.8 Å². The molecule has 0 aliphatic carbocycles. The molecule has 2 aromatic carbocycles. The zero-order valence-electron chi connectivity index (χ0n) is 18.9. The van der Waals surface area contributed by atoms with Gasteiger partial charge in [0.05, 0.1) is 12.0 Å². The highest BCUT2D eigenvalue weighted by Crippen LogP contribution is 2.33. The molecule has 1 saturated heterocycles. The summed E-state index contributed by atoms with van der Waals surface area (Å²) in [5.41, 5.74) is 2.96. The number of halogens is 1. The van der Waals surface area contributed by atoms with Gasteiger partial charge in [0, 0.05) is 23.6 Å². The van der Waals surface area contributed by atoms with Crippen LogP contribution < -0.4 is 10.1 Å². The lowest BCUT2D eigenvalue weighted by Gasteiger charge is -2.14. The van der Waals surface area contributed by atoms with Gasteiger partial charge in [0.2, 0.25) is 11.7 Å². The smallest absolute Gasteiger partial charge is 0.266 e. The number of thioether (sulfide) groups is 1. The van der Waals surface area contributed by atoms with Gasteiger partial charge in [-0.2, -0.15) is 0 Å². The number of nitrogens with zero attached hydrogens (tertiary/aromatic N) is 3. The van der Waals surface area contributed by atoms with Gasteiger partial charge in [-0.1, -0.05) is 47.7 Å². The summed E-state index contributed by atoms with van der Waals surface area (Å²) in [6.45, 7) is 2.24. The van der Waals surface area contributed by atoms with Crippen molar-refractivity contribution in [3.8, 4) is 17.0 Å². The number of hydrogen-bond acceptors (Lipinski definition) is 8. The number of aromatic nitrogens is 2. The minimum atomic E-state index is -0.268. The van der Waals surface area contributed by atoms with Gasteiger partial charge in [-0.05, 0) is 71.2 Å². The molecule has 2 heterocycles. The van der Waals surface area contributed by atoms with Crippen LogP contribution in [0, 0.1) is 6.92 Å². The standard InChI is InChI=1S/C24H21ClN4O4S2/c1-14-12-17(32-2)9-10-18(14)21-22(28-33-27-21)26-20(30)4-3-11-29-23(31)19(35-24(29)34)13-15-5-7-16(25)8-6-15/h5-10,12-13H,3-4,11H2,1-2H3,(H,26,28,30)/b19-13-. The third-order valence-corrected chi connectivity index (χ3v) is 6.89. The molecule has 0 saturated carbocycles. The maximum absolute atomic E-state index is 12.8. The van der Waals surface area contributed by atoms with Crippen molar-refractivity contribution in [2.24, 2.45) is 0 Å². The number of aryl methyl sites for hydroxylation is 1. The van der Waals surface area contributed by atoms with E-state index in [1.165, 1.54) is 16.7 Å². The van der Waals surface area contributed by atoms with Crippen LogP contribution in [0.3, 0.4) is 0 Å². The summed E-state index contributed by atoms with van der Waals surface area (Å²) in [7, 11) is 1.59. The Bertz CT molecular complexity index is 1310. The Kier molecular flexibility index (Phi) is 7.84. The van der Waals surface area contributed by atoms with Crippen LogP contribution in [0.25, 0.3) is 17.3 Å². The van der Waals surface area contributed by atoms with Crippen LogP contribution in [0.5, 0.6) is 5.75 Å². The highest BCUT2D eigenvalue weighted by Gasteiger charge is 2.31. The Hall–Kier alpha value is -3.21. The van der Waals surface area contributed by atoms with Crippen LogP contribution in [0.15, 0.2) is 52.0 Å². The van der Waals surface area contributed by atoms with Gasteiger partial charge in [0.25, 0.3) is 5.91 Å². The van der Waals surface area contributed by atoms with E-state index in [-0.39, 0.29) is 24.1 Å². The van der Waals surface area contributed by atoms with Gasteiger partial charge < -0.3 is 10.1 Å². The summed E-state index contributed by atoms with van der Waals surface area (Å²) in [5.74, 6) is 0.510. The molecule has 1 aliphatic rings. The first-order valence-corrected chi connectivity index (χ1v) is 12.2. The first-order valence-electron chi connectivity index (χ1n) is 10.6. The quantitative estimate of drug-likeness (QED) is 0.309. The van der Waals surface area contributed by atoms with Gasteiger partial charge in [-0.15, -0.1) is 0 Å². The second kappa shape index (κ2) is 11.0. The highest BCUT2D eigenvalue weighted by atomic mass is 35.5. The second-order valence-corrected chi connectivity index (χ2v) is 9.79. The van der Waals surface area contributed by atoms with Crippen molar-refractivity contribution in [3.63, 3.8) is 0 Å². The molecule has 1 aromatic heterocycles. The van der Waals surface area contributed by atoms with Crippen LogP contribution >= 0.6 is 35.6 Å². The monoisotopic (exact) mass is 528 g/mol. The van der Waals surface area contributed by atoms with E-state index >= 15 is 0 Å². The first kappa shape index (κ1) is 24.9. The third kappa shape index (κ3) is 5.90. The van der Waals surface area contributed by atoms with Gasteiger partial charge in [0.1, 0.15) is 10.1 Å². The summed E-state index contributed by atoms with van der Waals surface area (Å²) in [4.78, 5) is 27.4. The molecule has 0 atom stereocenters. The fraction of sp³-hybridized carbons (Fsp3) is 0.208. The van der Waals surface area contributed by atoms with Crippen LogP contribution in [0.2, 0.25) is 5.02 Å². The molecule has 1 fully saturated rings. The van der Waals surface area contributed by atoms with Gasteiger partial charge in [-0.25, -0.2) is 4.63 Å². The largest absolute Gasteiger partial charge is 0.497 e. The number of carbonyl (C=O) groups excluding carboxylic acids is 2. The van der Waals surface area contributed by atoms with E-state index < -0.39 is 0 Å². The molecule has 0 bridgehead atoms. The zero-order valence-corrected chi connectivity index (χ0v) is 21.3. The van der Waals surface area contributed by atoms with E-state index in [9.17, 15) is 9.59 Å². The number of hydrogen-bond donors (Lipinski definition) is 1. The van der Waals surface area contributed by atoms with Crippen LogP contribution in [-0.4, -0.2) is 45.0 Å². The summed E-state index contributed by atoms with van der Waals surface area (Å²) >= 11 is 12.5. The number of rotatable bonds is 8. The molecule has 35 heavy (non-hydrogen) atoms. The van der Waals surface area contributed by atoms with Crippen molar-refractivity contribution in [1.82, 2.24) is 15.2 Å². The van der Waals surface area contributed by atoms with Crippen molar-refractivity contribution in [3.05, 3.63) is 63.5 Å². The van der Waals surface area contributed by atoms with Crippen molar-refractivity contribution in [2.75, 3.05) is 19.0 Å².